The van der Waals surface area contributed by atoms with E-state index in [1.54, 1.807) is 7.05 Å². The van der Waals surface area contributed by atoms with Crippen molar-refractivity contribution >= 4 is 5.82 Å². The number of halogens is 5. The Hall–Kier alpha value is -2.39. The summed E-state index contributed by atoms with van der Waals surface area (Å²) in [6, 6.07) is 2.38. The van der Waals surface area contributed by atoms with E-state index in [2.05, 4.69) is 14.7 Å². The Bertz CT molecular complexity index is 611. The van der Waals surface area contributed by atoms with Crippen LogP contribution in [0, 0.1) is 0 Å². The molecule has 10 heteroatoms. The maximum absolute atomic E-state index is 12.7. The van der Waals surface area contributed by atoms with Crippen LogP contribution in [0.25, 0.3) is 0 Å². The van der Waals surface area contributed by atoms with Gasteiger partial charge in [-0.15, -0.1) is 13.2 Å². The van der Waals surface area contributed by atoms with Crippen molar-refractivity contribution in [2.75, 3.05) is 11.9 Å². The SMILES string of the molecule is CN(Cc1nccn1C(F)F)c1ccc(OC(F)(F)F)cn1. The molecule has 0 unspecified atom stereocenters. The van der Waals surface area contributed by atoms with Crippen molar-refractivity contribution in [1.82, 2.24) is 14.5 Å². The Labute approximate surface area is 122 Å². The zero-order valence-corrected chi connectivity index (χ0v) is 11.3. The second-order valence-electron chi connectivity index (χ2n) is 4.28. The molecular weight excluding hydrogens is 311 g/mol. The molecule has 120 valence electrons. The minimum absolute atomic E-state index is 0.0177. The van der Waals surface area contributed by atoms with Gasteiger partial charge in [0.25, 0.3) is 0 Å². The summed E-state index contributed by atoms with van der Waals surface area (Å²) in [5, 5.41) is 0. The van der Waals surface area contributed by atoms with E-state index in [0.717, 1.165) is 18.5 Å². The van der Waals surface area contributed by atoms with Gasteiger partial charge in [-0.1, -0.05) is 0 Å². The number of pyridine rings is 1. The fourth-order valence-corrected chi connectivity index (χ4v) is 1.73. The quantitative estimate of drug-likeness (QED) is 0.793. The van der Waals surface area contributed by atoms with Gasteiger partial charge in [0.05, 0.1) is 12.7 Å². The lowest BCUT2D eigenvalue weighted by Gasteiger charge is -2.18. The van der Waals surface area contributed by atoms with Gasteiger partial charge in [-0.25, -0.2) is 9.97 Å². The fraction of sp³-hybridized carbons (Fsp3) is 0.333. The molecule has 22 heavy (non-hydrogen) atoms. The Balaban J connectivity index is 2.06. The summed E-state index contributed by atoms with van der Waals surface area (Å²) < 4.78 is 65.9. The molecule has 5 nitrogen and oxygen atoms in total. The number of aromatic nitrogens is 3. The average molecular weight is 322 g/mol. The second-order valence-corrected chi connectivity index (χ2v) is 4.28. The highest BCUT2D eigenvalue weighted by molar-refractivity contribution is 5.40. The van der Waals surface area contributed by atoms with E-state index < -0.39 is 18.7 Å². The normalized spacial score (nSPS) is 11.8. The third-order valence-corrected chi connectivity index (χ3v) is 2.68. The third-order valence-electron chi connectivity index (χ3n) is 2.68. The minimum atomic E-state index is -4.79. The molecule has 2 heterocycles. The predicted octanol–water partition coefficient (Wildman–Crippen LogP) is 3.21. The van der Waals surface area contributed by atoms with E-state index in [0.29, 0.717) is 10.4 Å². The highest BCUT2D eigenvalue weighted by Gasteiger charge is 2.31. The number of nitrogens with zero attached hydrogens (tertiary/aromatic N) is 4. The number of hydrogen-bond acceptors (Lipinski definition) is 4. The van der Waals surface area contributed by atoms with E-state index >= 15 is 0 Å². The molecule has 0 aliphatic carbocycles. The molecule has 0 spiro atoms. The van der Waals surface area contributed by atoms with Gasteiger partial charge < -0.3 is 9.64 Å². The molecule has 0 atom stereocenters. The molecule has 0 aliphatic heterocycles. The Morgan fingerprint density at radius 3 is 2.55 bits per heavy atom. The van der Waals surface area contributed by atoms with Crippen molar-refractivity contribution in [1.29, 1.82) is 0 Å². The van der Waals surface area contributed by atoms with Crippen LogP contribution in [-0.4, -0.2) is 27.9 Å². The van der Waals surface area contributed by atoms with Gasteiger partial charge in [0.15, 0.2) is 0 Å². The van der Waals surface area contributed by atoms with Crippen molar-refractivity contribution in [3.63, 3.8) is 0 Å². The van der Waals surface area contributed by atoms with Crippen LogP contribution in [0.5, 0.6) is 5.75 Å². The van der Waals surface area contributed by atoms with E-state index in [1.165, 1.54) is 17.2 Å². The van der Waals surface area contributed by atoms with Crippen molar-refractivity contribution in [2.45, 2.75) is 19.5 Å². The van der Waals surface area contributed by atoms with Crippen LogP contribution in [0.15, 0.2) is 30.7 Å². The van der Waals surface area contributed by atoms with E-state index in [4.69, 9.17) is 0 Å². The number of anilines is 1. The molecule has 0 amide bonds. The number of hydrogen-bond donors (Lipinski definition) is 0. The number of rotatable bonds is 5. The van der Waals surface area contributed by atoms with E-state index in [1.807, 2.05) is 0 Å². The molecule has 0 fully saturated rings. The van der Waals surface area contributed by atoms with Crippen LogP contribution in [0.2, 0.25) is 0 Å². The maximum atomic E-state index is 12.7. The van der Waals surface area contributed by atoms with Crippen LogP contribution in [0.3, 0.4) is 0 Å². The van der Waals surface area contributed by atoms with Crippen LogP contribution in [0.1, 0.15) is 12.4 Å². The molecule has 2 aromatic rings. The molecule has 0 N–H and O–H groups in total. The highest BCUT2D eigenvalue weighted by Crippen LogP contribution is 2.23. The zero-order chi connectivity index (χ0) is 16.3. The van der Waals surface area contributed by atoms with Crippen molar-refractivity contribution in [3.8, 4) is 5.75 Å². The summed E-state index contributed by atoms with van der Waals surface area (Å²) in [6.45, 7) is -2.70. The van der Waals surface area contributed by atoms with Gasteiger partial charge in [0.1, 0.15) is 17.4 Å². The Morgan fingerprint density at radius 1 is 1.27 bits per heavy atom. The first-order valence-electron chi connectivity index (χ1n) is 5.99. The molecule has 0 saturated carbocycles. The lowest BCUT2D eigenvalue weighted by atomic mass is 10.4. The van der Waals surface area contributed by atoms with Gasteiger partial charge in [-0.05, 0) is 12.1 Å². The summed E-state index contributed by atoms with van der Waals surface area (Å²) in [4.78, 5) is 9.07. The van der Waals surface area contributed by atoms with Crippen LogP contribution < -0.4 is 9.64 Å². The number of imidazole rings is 1. The smallest absolute Gasteiger partial charge is 0.404 e. The summed E-state index contributed by atoms with van der Waals surface area (Å²) in [5.74, 6) is -0.0630. The molecule has 0 radical (unpaired) electrons. The third kappa shape index (κ3) is 4.06. The van der Waals surface area contributed by atoms with Crippen molar-refractivity contribution in [2.24, 2.45) is 0 Å². The van der Waals surface area contributed by atoms with Gasteiger partial charge in [0.2, 0.25) is 0 Å². The van der Waals surface area contributed by atoms with E-state index in [-0.39, 0.29) is 12.4 Å². The zero-order valence-electron chi connectivity index (χ0n) is 11.3. The first-order chi connectivity index (χ1) is 10.3. The second kappa shape index (κ2) is 6.16. The highest BCUT2D eigenvalue weighted by atomic mass is 19.4. The minimum Gasteiger partial charge on any atom is -0.404 e. The molecule has 0 saturated heterocycles. The monoisotopic (exact) mass is 322 g/mol. The van der Waals surface area contributed by atoms with Crippen LogP contribution >= 0.6 is 0 Å². The standard InChI is InChI=1S/C12H11F5N4O/c1-20(7-10-18-4-5-21(10)11(13)14)9-3-2-8(6-19-9)22-12(15,16)17/h2-6,11H,7H2,1H3. The van der Waals surface area contributed by atoms with Gasteiger partial charge >= 0.3 is 12.9 Å². The van der Waals surface area contributed by atoms with E-state index in [9.17, 15) is 22.0 Å². The Kier molecular flexibility index (Phi) is 4.48. The topological polar surface area (TPSA) is 43.2 Å². The number of alkyl halides is 5. The van der Waals surface area contributed by atoms with Crippen LogP contribution in [0.4, 0.5) is 27.8 Å². The first kappa shape index (κ1) is 16.0. The van der Waals surface area contributed by atoms with Crippen molar-refractivity contribution in [3.05, 3.63) is 36.5 Å². The average Bonchev–Trinajstić information content (AvgIpc) is 2.86. The molecule has 2 rings (SSSR count). The molecule has 0 aromatic carbocycles. The summed E-state index contributed by atoms with van der Waals surface area (Å²) in [6.07, 6.45) is -1.51. The number of ether oxygens (including phenoxy) is 1. The van der Waals surface area contributed by atoms with Crippen LogP contribution in [-0.2, 0) is 6.54 Å². The predicted molar refractivity (Wildman–Crippen MR) is 66.5 cm³/mol. The lowest BCUT2D eigenvalue weighted by Crippen LogP contribution is -2.21. The molecule has 0 aliphatic rings. The van der Waals surface area contributed by atoms with Gasteiger partial charge in [-0.3, -0.25) is 4.57 Å². The Morgan fingerprint density at radius 2 is 2.00 bits per heavy atom. The van der Waals surface area contributed by atoms with Gasteiger partial charge in [0, 0.05) is 19.4 Å². The summed E-state index contributed by atoms with van der Waals surface area (Å²) >= 11 is 0. The molecule has 2 aromatic heterocycles. The molecule has 0 bridgehead atoms. The van der Waals surface area contributed by atoms with Crippen molar-refractivity contribution < 1.29 is 26.7 Å². The lowest BCUT2D eigenvalue weighted by molar-refractivity contribution is -0.274. The maximum Gasteiger partial charge on any atom is 0.573 e. The van der Waals surface area contributed by atoms with Gasteiger partial charge in [-0.2, -0.15) is 8.78 Å². The fourth-order valence-electron chi connectivity index (χ4n) is 1.73. The largest absolute Gasteiger partial charge is 0.573 e. The first-order valence-corrected chi connectivity index (χ1v) is 5.99. The summed E-state index contributed by atoms with van der Waals surface area (Å²) in [5.41, 5.74) is 0. The summed E-state index contributed by atoms with van der Waals surface area (Å²) in [7, 11) is 1.55. The molecular formula is C12H11F5N4O.